The van der Waals surface area contributed by atoms with E-state index >= 15 is 0 Å². The van der Waals surface area contributed by atoms with Crippen molar-refractivity contribution in [2.75, 3.05) is 0 Å². The van der Waals surface area contributed by atoms with Crippen molar-refractivity contribution >= 4 is 0 Å². The van der Waals surface area contributed by atoms with Crippen molar-refractivity contribution in [1.29, 1.82) is 0 Å². The molecule has 0 aliphatic heterocycles. The normalized spacial score (nSPS) is 0. The van der Waals surface area contributed by atoms with Crippen molar-refractivity contribution in [2.45, 2.75) is 0 Å². The van der Waals surface area contributed by atoms with Crippen LogP contribution in [-0.2, 0) is 22.4 Å². The fourth-order valence-electron chi connectivity index (χ4n) is 0. The minimum absolute atomic E-state index is 0. The molecule has 0 radical (unpaired) electrons. The van der Waals surface area contributed by atoms with Crippen LogP contribution in [0.2, 0.25) is 0 Å². The molecule has 16 N–H and O–H groups in total. The molecule has 12 heavy (non-hydrogen) atoms. The second kappa shape index (κ2) is 941. The van der Waals surface area contributed by atoms with Gasteiger partial charge in [-0.25, -0.2) is 0 Å². The minimum Gasteiger partial charge on any atom is -1.00 e. The maximum Gasteiger partial charge on any atom is 3.00 e. The van der Waals surface area contributed by atoms with Crippen molar-refractivity contribution in [3.8, 4) is 0 Å². The first-order valence-electron chi connectivity index (χ1n) is 0. The van der Waals surface area contributed by atoms with Crippen LogP contribution in [0.5, 0.6) is 0 Å². The topological polar surface area (TPSA) is 252 Å². The maximum atomic E-state index is 0. The Hall–Kier alpha value is 1.29. The monoisotopic (exact) mass is 342 g/mol. The Morgan fingerprint density at radius 3 is 0.250 bits per heavy atom. The summed E-state index contributed by atoms with van der Waals surface area (Å²) in [5.74, 6) is 0. The van der Waals surface area contributed by atoms with Crippen LogP contribution < -0.4 is 37.2 Å². The van der Waals surface area contributed by atoms with E-state index in [0.717, 1.165) is 0 Å². The second-order valence-corrected chi connectivity index (χ2v) is 0. The first-order chi connectivity index (χ1) is 0. The van der Waals surface area contributed by atoms with Gasteiger partial charge in [0.15, 0.2) is 0 Å². The van der Waals surface area contributed by atoms with Gasteiger partial charge in [-0.1, -0.05) is 0 Å². The molecule has 0 aliphatic carbocycles. The molecular formula is H16Cl3NbO8. The molecule has 0 fully saturated rings. The van der Waals surface area contributed by atoms with Crippen molar-refractivity contribution in [3.63, 3.8) is 0 Å². The van der Waals surface area contributed by atoms with Gasteiger partial charge in [0.2, 0.25) is 0 Å². The van der Waals surface area contributed by atoms with Crippen LogP contribution in [-0.4, -0.2) is 43.8 Å². The van der Waals surface area contributed by atoms with Gasteiger partial charge in [0, 0.05) is 0 Å². The predicted molar refractivity (Wildman–Crippen MR) is 28.9 cm³/mol. The number of hydrogen-bond acceptors (Lipinski definition) is 0. The van der Waals surface area contributed by atoms with E-state index in [9.17, 15) is 0 Å². The third-order valence-electron chi connectivity index (χ3n) is 0. The summed E-state index contributed by atoms with van der Waals surface area (Å²) in [5, 5.41) is 0. The van der Waals surface area contributed by atoms with E-state index in [4.69, 9.17) is 0 Å². The van der Waals surface area contributed by atoms with Crippen LogP contribution in [0.4, 0.5) is 0 Å². The zero-order chi connectivity index (χ0) is 0. The molecule has 8 nitrogen and oxygen atoms in total. The average molecular weight is 343 g/mol. The molecule has 12 heteroatoms. The molecule has 0 amide bonds. The van der Waals surface area contributed by atoms with Crippen molar-refractivity contribution in [1.82, 2.24) is 0 Å². The third-order valence-corrected chi connectivity index (χ3v) is 0. The smallest absolute Gasteiger partial charge is 1.00 e. The fraction of sp³-hybridized carbons (Fsp3) is 0. The average Bonchev–Trinajstić information content (AvgIpc) is 0. The molecule has 0 saturated heterocycles. The summed E-state index contributed by atoms with van der Waals surface area (Å²) in [5.41, 5.74) is 0. The molecule has 0 aliphatic rings. The van der Waals surface area contributed by atoms with Gasteiger partial charge < -0.3 is 81.0 Å². The van der Waals surface area contributed by atoms with E-state index in [2.05, 4.69) is 0 Å². The molecule has 0 aromatic rings. The van der Waals surface area contributed by atoms with E-state index in [-0.39, 0.29) is 103 Å². The molecule has 0 heterocycles. The van der Waals surface area contributed by atoms with E-state index in [1.165, 1.54) is 0 Å². The second-order valence-electron chi connectivity index (χ2n) is 0. The van der Waals surface area contributed by atoms with Crippen LogP contribution >= 0.6 is 0 Å². The van der Waals surface area contributed by atoms with Crippen molar-refractivity contribution < 1.29 is 103 Å². The van der Waals surface area contributed by atoms with E-state index in [1.807, 2.05) is 0 Å². The van der Waals surface area contributed by atoms with E-state index < -0.39 is 0 Å². The summed E-state index contributed by atoms with van der Waals surface area (Å²) in [6, 6.07) is 0. The molecule has 0 saturated carbocycles. The first kappa shape index (κ1) is 1210. The summed E-state index contributed by atoms with van der Waals surface area (Å²) in [6.07, 6.45) is 0. The van der Waals surface area contributed by atoms with Crippen LogP contribution in [0.3, 0.4) is 0 Å². The molecule has 0 spiro atoms. The van der Waals surface area contributed by atoms with Gasteiger partial charge >= 0.3 is 22.4 Å². The Kier molecular flexibility index (Phi) is 94600. The molecule has 0 unspecified atom stereocenters. The fourth-order valence-corrected chi connectivity index (χ4v) is 0. The Bertz CT molecular complexity index is 14.3. The first-order valence-corrected chi connectivity index (χ1v) is 0. The van der Waals surface area contributed by atoms with Gasteiger partial charge in [0.25, 0.3) is 0 Å². The van der Waals surface area contributed by atoms with Gasteiger partial charge in [0.05, 0.1) is 0 Å². The molecule has 0 bridgehead atoms. The quantitative estimate of drug-likeness (QED) is 0.371. The molecule has 0 aromatic carbocycles. The van der Waals surface area contributed by atoms with Crippen LogP contribution in [0.1, 0.15) is 0 Å². The van der Waals surface area contributed by atoms with Gasteiger partial charge in [-0.15, -0.1) is 0 Å². The number of rotatable bonds is 0. The number of halogens is 3. The van der Waals surface area contributed by atoms with Crippen LogP contribution in [0.15, 0.2) is 0 Å². The Morgan fingerprint density at radius 2 is 0.250 bits per heavy atom. The Balaban J connectivity index is 0. The summed E-state index contributed by atoms with van der Waals surface area (Å²) >= 11 is 0. The molecule has 0 rings (SSSR count). The standard InChI is InChI=1S/3ClH.Nb.8H2O/h3*1H;;8*1H2/q;;;+3;;;;;;;;/p-3. The minimum atomic E-state index is 0. The summed E-state index contributed by atoms with van der Waals surface area (Å²) < 4.78 is 0. The molecular weight excluding hydrogens is 327 g/mol. The van der Waals surface area contributed by atoms with Gasteiger partial charge in [-0.3, -0.25) is 0 Å². The van der Waals surface area contributed by atoms with E-state index in [0.29, 0.717) is 0 Å². The molecule has 90 valence electrons. The van der Waals surface area contributed by atoms with Gasteiger partial charge in [-0.2, -0.15) is 0 Å². The summed E-state index contributed by atoms with van der Waals surface area (Å²) in [4.78, 5) is 0. The molecule has 0 atom stereocenters. The summed E-state index contributed by atoms with van der Waals surface area (Å²) in [6.45, 7) is 0. The van der Waals surface area contributed by atoms with Crippen LogP contribution in [0.25, 0.3) is 0 Å². The van der Waals surface area contributed by atoms with Crippen molar-refractivity contribution in [3.05, 3.63) is 0 Å². The maximum absolute atomic E-state index is 0. The predicted octanol–water partition coefficient (Wildman–Crippen LogP) is -15.6. The molecule has 0 aromatic heterocycles. The zero-order valence-electron chi connectivity index (χ0n) is 5.58. The number of hydrogen-bond donors (Lipinski definition) is 0. The third kappa shape index (κ3) is 718. The largest absolute Gasteiger partial charge is 3.00 e. The SMILES string of the molecule is O.O.O.O.O.O.O.O.[Cl-].[Cl-].[Cl-].[Nb+3]. The summed E-state index contributed by atoms with van der Waals surface area (Å²) in [7, 11) is 0. The van der Waals surface area contributed by atoms with E-state index in [1.54, 1.807) is 0 Å². The van der Waals surface area contributed by atoms with Crippen LogP contribution in [0, 0.1) is 0 Å². The Morgan fingerprint density at radius 1 is 0.250 bits per heavy atom. The zero-order valence-corrected chi connectivity index (χ0v) is 10.0. The van der Waals surface area contributed by atoms with Gasteiger partial charge in [0.1, 0.15) is 0 Å². The van der Waals surface area contributed by atoms with Gasteiger partial charge in [-0.05, 0) is 0 Å². The van der Waals surface area contributed by atoms with Crippen molar-refractivity contribution in [2.24, 2.45) is 0 Å². The Labute approximate surface area is 103 Å².